The predicted octanol–water partition coefficient (Wildman–Crippen LogP) is 3.24. The van der Waals surface area contributed by atoms with E-state index in [1.54, 1.807) is 6.21 Å². The third-order valence-corrected chi connectivity index (χ3v) is 2.89. The Morgan fingerprint density at radius 3 is 2.45 bits per heavy atom. The van der Waals surface area contributed by atoms with E-state index in [2.05, 4.69) is 4.99 Å². The molecule has 3 nitrogen and oxygen atoms in total. The molecule has 0 aliphatic carbocycles. The zero-order valence-corrected chi connectivity index (χ0v) is 11.6. The van der Waals surface area contributed by atoms with E-state index in [1.165, 1.54) is 0 Å². The number of nitrogens with zero attached hydrogens (tertiary/aromatic N) is 1. The van der Waals surface area contributed by atoms with Crippen LogP contribution in [0.4, 0.5) is 0 Å². The second kappa shape index (κ2) is 7.46. The Hall–Kier alpha value is -2.13. The van der Waals surface area contributed by atoms with Gasteiger partial charge < -0.3 is 9.84 Å². The van der Waals surface area contributed by atoms with E-state index >= 15 is 0 Å². The van der Waals surface area contributed by atoms with Crippen molar-refractivity contribution in [3.63, 3.8) is 0 Å². The van der Waals surface area contributed by atoms with E-state index in [-0.39, 0.29) is 0 Å². The van der Waals surface area contributed by atoms with Crippen LogP contribution in [0.25, 0.3) is 0 Å². The van der Waals surface area contributed by atoms with Crippen LogP contribution in [0.3, 0.4) is 0 Å². The lowest BCUT2D eigenvalue weighted by atomic mass is 10.1. The first-order chi connectivity index (χ1) is 9.79. The lowest BCUT2D eigenvalue weighted by molar-refractivity contribution is 0.187. The molecule has 2 rings (SSSR count). The molecule has 0 aliphatic rings. The molecule has 20 heavy (non-hydrogen) atoms. The molecular weight excluding hydrogens is 250 g/mol. The largest absolute Gasteiger partial charge is 0.494 e. The third kappa shape index (κ3) is 4.21. The zero-order valence-electron chi connectivity index (χ0n) is 11.6. The maximum atomic E-state index is 9.98. The van der Waals surface area contributed by atoms with E-state index < -0.39 is 6.10 Å². The summed E-state index contributed by atoms with van der Waals surface area (Å²) in [5, 5.41) is 9.98. The van der Waals surface area contributed by atoms with Crippen molar-refractivity contribution >= 4 is 6.21 Å². The second-order valence-electron chi connectivity index (χ2n) is 4.42. The van der Waals surface area contributed by atoms with Crippen molar-refractivity contribution in [2.24, 2.45) is 4.99 Å². The van der Waals surface area contributed by atoms with Crippen molar-refractivity contribution in [2.45, 2.75) is 13.0 Å². The standard InChI is InChI=1S/C17H19NO2/c1-2-20-16-10-8-14(9-11-16)12-18-13-17(19)15-6-4-3-5-7-15/h3-12,17,19H,2,13H2,1H3/t17-/m1/s1. The summed E-state index contributed by atoms with van der Waals surface area (Å²) in [6, 6.07) is 17.3. The van der Waals surface area contributed by atoms with Crippen molar-refractivity contribution in [3.8, 4) is 5.75 Å². The van der Waals surface area contributed by atoms with Gasteiger partial charge in [0.2, 0.25) is 0 Å². The number of aliphatic imine (C=N–C) groups is 1. The first kappa shape index (κ1) is 14.3. The van der Waals surface area contributed by atoms with Crippen LogP contribution in [-0.2, 0) is 0 Å². The van der Waals surface area contributed by atoms with Gasteiger partial charge in [-0.3, -0.25) is 4.99 Å². The van der Waals surface area contributed by atoms with E-state index in [0.717, 1.165) is 16.9 Å². The molecule has 0 amide bonds. The van der Waals surface area contributed by atoms with Crippen molar-refractivity contribution in [2.75, 3.05) is 13.2 Å². The van der Waals surface area contributed by atoms with E-state index in [1.807, 2.05) is 61.5 Å². The third-order valence-electron chi connectivity index (χ3n) is 2.89. The number of aliphatic hydroxyl groups excluding tert-OH is 1. The highest BCUT2D eigenvalue weighted by Gasteiger charge is 2.04. The van der Waals surface area contributed by atoms with Gasteiger partial charge in [-0.05, 0) is 42.3 Å². The molecule has 0 aromatic heterocycles. The quantitative estimate of drug-likeness (QED) is 0.818. The minimum atomic E-state index is -0.560. The van der Waals surface area contributed by atoms with Crippen LogP contribution < -0.4 is 4.74 Å². The summed E-state index contributed by atoms with van der Waals surface area (Å²) in [7, 11) is 0. The molecule has 2 aromatic carbocycles. The van der Waals surface area contributed by atoms with Gasteiger partial charge in [0, 0.05) is 6.21 Å². The van der Waals surface area contributed by atoms with Crippen LogP contribution >= 0.6 is 0 Å². The second-order valence-corrected chi connectivity index (χ2v) is 4.42. The predicted molar refractivity (Wildman–Crippen MR) is 81.5 cm³/mol. The average molecular weight is 269 g/mol. The highest BCUT2D eigenvalue weighted by molar-refractivity contribution is 5.79. The van der Waals surface area contributed by atoms with Crippen LogP contribution in [0.15, 0.2) is 59.6 Å². The number of hydrogen-bond donors (Lipinski definition) is 1. The summed E-state index contributed by atoms with van der Waals surface area (Å²) < 4.78 is 5.38. The van der Waals surface area contributed by atoms with Gasteiger partial charge in [-0.1, -0.05) is 30.3 Å². The fraction of sp³-hybridized carbons (Fsp3) is 0.235. The molecule has 1 atom stereocenters. The van der Waals surface area contributed by atoms with Crippen LogP contribution in [-0.4, -0.2) is 24.5 Å². The highest BCUT2D eigenvalue weighted by atomic mass is 16.5. The SMILES string of the molecule is CCOc1ccc(C=NC[C@@H](O)c2ccccc2)cc1. The minimum Gasteiger partial charge on any atom is -0.494 e. The fourth-order valence-corrected chi connectivity index (χ4v) is 1.86. The maximum absolute atomic E-state index is 9.98. The average Bonchev–Trinajstić information content (AvgIpc) is 2.50. The summed E-state index contributed by atoms with van der Waals surface area (Å²) >= 11 is 0. The number of aliphatic hydroxyl groups is 1. The maximum Gasteiger partial charge on any atom is 0.119 e. The molecule has 0 aliphatic heterocycles. The van der Waals surface area contributed by atoms with Crippen molar-refractivity contribution in [3.05, 3.63) is 65.7 Å². The van der Waals surface area contributed by atoms with Crippen LogP contribution in [0.2, 0.25) is 0 Å². The van der Waals surface area contributed by atoms with Crippen LogP contribution in [0, 0.1) is 0 Å². The molecule has 0 fully saturated rings. The molecule has 0 spiro atoms. The Balaban J connectivity index is 1.90. The van der Waals surface area contributed by atoms with Crippen molar-refractivity contribution in [1.82, 2.24) is 0 Å². The molecule has 0 bridgehead atoms. The number of ether oxygens (including phenoxy) is 1. The lowest BCUT2D eigenvalue weighted by Gasteiger charge is -2.07. The van der Waals surface area contributed by atoms with Gasteiger partial charge in [0.1, 0.15) is 5.75 Å². The Kier molecular flexibility index (Phi) is 5.33. The van der Waals surface area contributed by atoms with Gasteiger partial charge in [0.05, 0.1) is 19.3 Å². The van der Waals surface area contributed by atoms with Gasteiger partial charge in [-0.25, -0.2) is 0 Å². The molecule has 0 unspecified atom stereocenters. The van der Waals surface area contributed by atoms with Crippen molar-refractivity contribution in [1.29, 1.82) is 0 Å². The van der Waals surface area contributed by atoms with Crippen molar-refractivity contribution < 1.29 is 9.84 Å². The summed E-state index contributed by atoms with van der Waals surface area (Å²) in [5.74, 6) is 0.856. The number of hydrogen-bond acceptors (Lipinski definition) is 3. The molecule has 1 N–H and O–H groups in total. The van der Waals surface area contributed by atoms with Crippen LogP contribution in [0.1, 0.15) is 24.2 Å². The minimum absolute atomic E-state index is 0.358. The Morgan fingerprint density at radius 1 is 1.10 bits per heavy atom. The Labute approximate surface area is 119 Å². The molecular formula is C17H19NO2. The summed E-state index contributed by atoms with van der Waals surface area (Å²) in [5.41, 5.74) is 1.88. The first-order valence-electron chi connectivity index (χ1n) is 6.75. The Morgan fingerprint density at radius 2 is 1.80 bits per heavy atom. The summed E-state index contributed by atoms with van der Waals surface area (Å²) in [4.78, 5) is 4.28. The molecule has 0 saturated carbocycles. The summed E-state index contributed by atoms with van der Waals surface area (Å²) in [6.07, 6.45) is 1.21. The smallest absolute Gasteiger partial charge is 0.119 e. The monoisotopic (exact) mass is 269 g/mol. The fourth-order valence-electron chi connectivity index (χ4n) is 1.86. The van der Waals surface area contributed by atoms with E-state index in [0.29, 0.717) is 13.2 Å². The first-order valence-corrected chi connectivity index (χ1v) is 6.75. The van der Waals surface area contributed by atoms with Crippen LogP contribution in [0.5, 0.6) is 5.75 Å². The molecule has 3 heteroatoms. The normalized spacial score (nSPS) is 12.5. The Bertz CT molecular complexity index is 535. The van der Waals surface area contributed by atoms with Gasteiger partial charge in [-0.15, -0.1) is 0 Å². The highest BCUT2D eigenvalue weighted by Crippen LogP contribution is 2.13. The van der Waals surface area contributed by atoms with E-state index in [4.69, 9.17) is 4.74 Å². The molecule has 0 heterocycles. The van der Waals surface area contributed by atoms with Gasteiger partial charge in [0.25, 0.3) is 0 Å². The molecule has 0 saturated heterocycles. The molecule has 104 valence electrons. The number of benzene rings is 2. The van der Waals surface area contributed by atoms with Gasteiger partial charge in [-0.2, -0.15) is 0 Å². The molecule has 0 radical (unpaired) electrons. The van der Waals surface area contributed by atoms with Gasteiger partial charge >= 0.3 is 0 Å². The topological polar surface area (TPSA) is 41.8 Å². The van der Waals surface area contributed by atoms with E-state index in [9.17, 15) is 5.11 Å². The molecule has 2 aromatic rings. The zero-order chi connectivity index (χ0) is 14.2. The number of rotatable bonds is 6. The summed E-state index contributed by atoms with van der Waals surface area (Å²) in [6.45, 7) is 2.98. The van der Waals surface area contributed by atoms with Gasteiger partial charge in [0.15, 0.2) is 0 Å². The lowest BCUT2D eigenvalue weighted by Crippen LogP contribution is -2.01.